The summed E-state index contributed by atoms with van der Waals surface area (Å²) in [6, 6.07) is 3.82. The molecule has 0 spiro atoms. The third-order valence-electron chi connectivity index (χ3n) is 6.49. The van der Waals surface area contributed by atoms with E-state index in [0.29, 0.717) is 24.7 Å². The number of anilines is 3. The lowest BCUT2D eigenvalue weighted by Gasteiger charge is -2.29. The molecule has 9 heteroatoms. The number of aliphatic hydroxyl groups is 1. The van der Waals surface area contributed by atoms with Crippen LogP contribution in [0.15, 0.2) is 29.3 Å². The minimum atomic E-state index is -0.0921. The van der Waals surface area contributed by atoms with Crippen molar-refractivity contribution >= 4 is 28.4 Å². The van der Waals surface area contributed by atoms with E-state index in [4.69, 9.17) is 4.98 Å². The Morgan fingerprint density at radius 1 is 1.16 bits per heavy atom. The first kappa shape index (κ1) is 20.8. The fraction of sp³-hybridized carbons (Fsp3) is 0.478. The fourth-order valence-corrected chi connectivity index (χ4v) is 4.77. The van der Waals surface area contributed by atoms with Crippen LogP contribution in [0.5, 0.6) is 0 Å². The lowest BCUT2D eigenvalue weighted by molar-refractivity contribution is 0.182. The number of aromatic nitrogens is 4. The molecule has 0 saturated carbocycles. The van der Waals surface area contributed by atoms with Crippen LogP contribution >= 0.6 is 0 Å². The molecule has 9 nitrogen and oxygen atoms in total. The van der Waals surface area contributed by atoms with E-state index < -0.39 is 0 Å². The van der Waals surface area contributed by atoms with Gasteiger partial charge < -0.3 is 19.9 Å². The highest BCUT2D eigenvalue weighted by atomic mass is 16.3. The highest BCUT2D eigenvalue weighted by molar-refractivity contribution is 5.88. The first-order valence-electron chi connectivity index (χ1n) is 11.3. The molecule has 5 heterocycles. The second kappa shape index (κ2) is 8.84. The molecule has 0 aliphatic carbocycles. The Kier molecular flexibility index (Phi) is 5.75. The average molecular weight is 436 g/mol. The number of hydrogen-bond donors (Lipinski definition) is 2. The van der Waals surface area contributed by atoms with Crippen molar-refractivity contribution in [3.8, 4) is 0 Å². The number of hydrogen-bond acceptors (Lipinski definition) is 8. The maximum atomic E-state index is 13.0. The summed E-state index contributed by atoms with van der Waals surface area (Å²) >= 11 is 0. The molecule has 0 unspecified atom stereocenters. The van der Waals surface area contributed by atoms with Crippen LogP contribution in [0.1, 0.15) is 30.5 Å². The Labute approximate surface area is 186 Å². The van der Waals surface area contributed by atoms with Gasteiger partial charge in [0, 0.05) is 69.7 Å². The number of β-amino-alcohol motifs (C(OH)–C–C–N with tert-alkyl or cyclic N) is 1. The number of nitrogens with zero attached hydrogens (tertiary/aromatic N) is 6. The van der Waals surface area contributed by atoms with Crippen LogP contribution in [0.25, 0.3) is 10.9 Å². The van der Waals surface area contributed by atoms with Gasteiger partial charge in [-0.1, -0.05) is 0 Å². The van der Waals surface area contributed by atoms with Gasteiger partial charge in [-0.3, -0.25) is 9.69 Å². The van der Waals surface area contributed by atoms with E-state index in [1.165, 1.54) is 6.42 Å². The highest BCUT2D eigenvalue weighted by Gasteiger charge is 2.21. The van der Waals surface area contributed by atoms with E-state index >= 15 is 0 Å². The van der Waals surface area contributed by atoms with Crippen LogP contribution in [-0.2, 0) is 20.0 Å². The molecule has 1 saturated heterocycles. The Balaban J connectivity index is 1.49. The Bertz CT molecular complexity index is 1190. The van der Waals surface area contributed by atoms with Crippen molar-refractivity contribution in [3.05, 3.63) is 46.1 Å². The number of pyridine rings is 2. The zero-order valence-corrected chi connectivity index (χ0v) is 18.4. The zero-order valence-electron chi connectivity index (χ0n) is 18.4. The second-order valence-corrected chi connectivity index (χ2v) is 8.58. The van der Waals surface area contributed by atoms with Crippen LogP contribution in [0, 0.1) is 0 Å². The molecule has 5 rings (SSSR count). The number of piperidine rings is 1. The highest BCUT2D eigenvalue weighted by Crippen LogP contribution is 2.27. The van der Waals surface area contributed by atoms with Crippen molar-refractivity contribution in [2.75, 3.05) is 43.0 Å². The zero-order chi connectivity index (χ0) is 22.1. The lowest BCUT2D eigenvalue weighted by atomic mass is 10.0. The number of aliphatic hydroxyl groups excluding tert-OH is 1. The van der Waals surface area contributed by atoms with Crippen LogP contribution in [-0.4, -0.2) is 62.3 Å². The summed E-state index contributed by atoms with van der Waals surface area (Å²) in [6.45, 7) is 4.27. The molecule has 0 radical (unpaired) electrons. The molecule has 0 amide bonds. The summed E-state index contributed by atoms with van der Waals surface area (Å²) in [5, 5.41) is 13.4. The smallest absolute Gasteiger partial charge is 0.274 e. The number of nitrogens with one attached hydrogen (secondary N) is 1. The van der Waals surface area contributed by atoms with Gasteiger partial charge in [0.25, 0.3) is 5.56 Å². The molecular formula is C23H29N7O2. The average Bonchev–Trinajstić information content (AvgIpc) is 2.82. The number of rotatable bonds is 5. The van der Waals surface area contributed by atoms with Gasteiger partial charge in [0.1, 0.15) is 11.2 Å². The van der Waals surface area contributed by atoms with E-state index in [-0.39, 0.29) is 12.2 Å². The largest absolute Gasteiger partial charge is 0.395 e. The van der Waals surface area contributed by atoms with Crippen molar-refractivity contribution in [2.45, 2.75) is 32.2 Å². The molecule has 0 atom stereocenters. The standard InChI is InChI=1S/C23H29N7O2/c1-28-19-6-10-29(11-12-31)15-17(19)13-18(22(28)32)26-23-25-14-16-5-7-24-21(20(16)27-23)30-8-3-2-4-9-30/h5,7,13-14,31H,2-4,6,8-12,15H2,1H3,(H,25,26,27). The maximum absolute atomic E-state index is 13.0. The van der Waals surface area contributed by atoms with Gasteiger partial charge in [-0.2, -0.15) is 0 Å². The summed E-state index contributed by atoms with van der Waals surface area (Å²) in [6.07, 6.45) is 7.95. The van der Waals surface area contributed by atoms with Crippen LogP contribution < -0.4 is 15.8 Å². The van der Waals surface area contributed by atoms with Gasteiger partial charge in [-0.05, 0) is 37.0 Å². The Hall–Kier alpha value is -3.04. The minimum Gasteiger partial charge on any atom is -0.395 e. The quantitative estimate of drug-likeness (QED) is 0.626. The van der Waals surface area contributed by atoms with E-state index in [0.717, 1.165) is 66.9 Å². The topological polar surface area (TPSA) is 99.4 Å². The molecule has 168 valence electrons. The Morgan fingerprint density at radius 2 is 2.00 bits per heavy atom. The first-order chi connectivity index (χ1) is 15.6. The maximum Gasteiger partial charge on any atom is 0.274 e. The van der Waals surface area contributed by atoms with Crippen LogP contribution in [0.2, 0.25) is 0 Å². The lowest BCUT2D eigenvalue weighted by Crippen LogP contribution is -2.36. The third kappa shape index (κ3) is 3.93. The molecule has 2 N–H and O–H groups in total. The summed E-state index contributed by atoms with van der Waals surface area (Å²) < 4.78 is 1.72. The van der Waals surface area contributed by atoms with Crippen molar-refractivity contribution in [1.29, 1.82) is 0 Å². The normalized spacial score (nSPS) is 16.9. The minimum absolute atomic E-state index is 0.0921. The second-order valence-electron chi connectivity index (χ2n) is 8.58. The van der Waals surface area contributed by atoms with Crippen molar-refractivity contribution < 1.29 is 5.11 Å². The van der Waals surface area contributed by atoms with E-state index in [1.54, 1.807) is 17.0 Å². The summed E-state index contributed by atoms with van der Waals surface area (Å²) in [4.78, 5) is 31.3. The molecule has 3 aromatic heterocycles. The Morgan fingerprint density at radius 3 is 2.81 bits per heavy atom. The van der Waals surface area contributed by atoms with Crippen molar-refractivity contribution in [1.82, 2.24) is 24.4 Å². The number of fused-ring (bicyclic) bond motifs is 2. The van der Waals surface area contributed by atoms with Gasteiger partial charge in [0.15, 0.2) is 5.82 Å². The SMILES string of the molecule is Cn1c2c(cc(Nc3ncc4ccnc(N5CCCCC5)c4n3)c1=O)CN(CCO)CC2. The van der Waals surface area contributed by atoms with Crippen molar-refractivity contribution in [2.24, 2.45) is 7.05 Å². The molecule has 2 aliphatic heterocycles. The molecule has 2 aliphatic rings. The summed E-state index contributed by atoms with van der Waals surface area (Å²) in [5.41, 5.74) is 3.30. The van der Waals surface area contributed by atoms with Gasteiger partial charge in [0.05, 0.1) is 6.61 Å². The molecule has 0 bridgehead atoms. The van der Waals surface area contributed by atoms with Gasteiger partial charge in [0.2, 0.25) is 5.95 Å². The molecule has 0 aromatic carbocycles. The first-order valence-corrected chi connectivity index (χ1v) is 11.3. The van der Waals surface area contributed by atoms with Gasteiger partial charge in [-0.15, -0.1) is 0 Å². The molecule has 32 heavy (non-hydrogen) atoms. The van der Waals surface area contributed by atoms with Crippen molar-refractivity contribution in [3.63, 3.8) is 0 Å². The predicted octanol–water partition coefficient (Wildman–Crippen LogP) is 1.81. The van der Waals surface area contributed by atoms with E-state index in [1.807, 2.05) is 19.2 Å². The molecule has 1 fully saturated rings. The molecule has 3 aromatic rings. The summed E-state index contributed by atoms with van der Waals surface area (Å²) in [7, 11) is 1.81. The summed E-state index contributed by atoms with van der Waals surface area (Å²) in [5.74, 6) is 1.27. The van der Waals surface area contributed by atoms with Gasteiger partial charge in [-0.25, -0.2) is 15.0 Å². The van der Waals surface area contributed by atoms with E-state index in [2.05, 4.69) is 25.1 Å². The fourth-order valence-electron chi connectivity index (χ4n) is 4.77. The molecular weight excluding hydrogens is 406 g/mol. The van der Waals surface area contributed by atoms with Crippen LogP contribution in [0.4, 0.5) is 17.5 Å². The van der Waals surface area contributed by atoms with Gasteiger partial charge >= 0.3 is 0 Å². The van der Waals surface area contributed by atoms with Crippen LogP contribution in [0.3, 0.4) is 0 Å². The predicted molar refractivity (Wildman–Crippen MR) is 124 cm³/mol. The monoisotopic (exact) mass is 435 g/mol. The van der Waals surface area contributed by atoms with E-state index in [9.17, 15) is 9.90 Å². The third-order valence-corrected chi connectivity index (χ3v) is 6.49.